The molecule has 23 heavy (non-hydrogen) atoms. The van der Waals surface area contributed by atoms with Crippen molar-refractivity contribution < 1.29 is 13.7 Å². The molecule has 5 nitrogen and oxygen atoms in total. The number of methoxy groups -OCH3 is 1. The highest BCUT2D eigenvalue weighted by molar-refractivity contribution is 7.64. The minimum atomic E-state index is 0.0787. The van der Waals surface area contributed by atoms with Crippen LogP contribution in [0.2, 0.25) is 0 Å². The fraction of sp³-hybridized carbons (Fsp3) is 0.529. The highest BCUT2D eigenvalue weighted by Crippen LogP contribution is 2.18. The molecule has 1 heterocycles. The van der Waals surface area contributed by atoms with Crippen LogP contribution in [-0.2, 0) is 22.5 Å². The predicted octanol–water partition coefficient (Wildman–Crippen LogP) is 1.18. The number of amides is 1. The smallest absolute Gasteiger partial charge is 0.227 e. The van der Waals surface area contributed by atoms with Crippen molar-refractivity contribution >= 4 is 22.5 Å². The Labute approximate surface area is 141 Å². The van der Waals surface area contributed by atoms with E-state index in [-0.39, 0.29) is 11.9 Å². The van der Waals surface area contributed by atoms with Crippen molar-refractivity contribution in [2.75, 3.05) is 33.8 Å². The van der Waals surface area contributed by atoms with Crippen LogP contribution in [0.4, 0.5) is 0 Å². The number of hydrogen-bond acceptors (Lipinski definition) is 4. The van der Waals surface area contributed by atoms with Gasteiger partial charge in [-0.2, -0.15) is 0 Å². The van der Waals surface area contributed by atoms with Crippen molar-refractivity contribution in [2.45, 2.75) is 25.3 Å². The van der Waals surface area contributed by atoms with Crippen LogP contribution in [0.3, 0.4) is 0 Å². The average molecular weight is 336 g/mol. The number of carbonyl (C=O) groups excluding carboxylic acids is 1. The summed E-state index contributed by atoms with van der Waals surface area (Å²) in [7, 11) is 3.72. The summed E-state index contributed by atoms with van der Waals surface area (Å²) in [5.41, 5.74) is 0.962. The molecule has 0 unspecified atom stereocenters. The zero-order valence-electron chi connectivity index (χ0n) is 13.7. The van der Waals surface area contributed by atoms with Crippen LogP contribution in [0.25, 0.3) is 0 Å². The van der Waals surface area contributed by atoms with Gasteiger partial charge in [0.1, 0.15) is 5.75 Å². The zero-order valence-corrected chi connectivity index (χ0v) is 14.6. The van der Waals surface area contributed by atoms with Gasteiger partial charge < -0.3 is 14.5 Å². The molecule has 1 aromatic rings. The summed E-state index contributed by atoms with van der Waals surface area (Å²) in [4.78, 5) is 16.8. The van der Waals surface area contributed by atoms with Crippen molar-refractivity contribution in [3.8, 4) is 5.75 Å². The maximum atomic E-state index is 12.7. The summed E-state index contributed by atoms with van der Waals surface area (Å²) < 4.78 is 15.9. The number of ether oxygens (including phenoxy) is 1. The lowest BCUT2D eigenvalue weighted by Gasteiger charge is -2.36. The van der Waals surface area contributed by atoms with Gasteiger partial charge in [-0.15, -0.1) is 0 Å². The highest BCUT2D eigenvalue weighted by atomic mass is 32.1. The molecule has 0 N–H and O–H groups in total. The van der Waals surface area contributed by atoms with E-state index < -0.39 is 0 Å². The Morgan fingerprint density at radius 1 is 1.35 bits per heavy atom. The number of hydrogen-bond donors (Lipinski definition) is 0. The molecule has 0 spiro atoms. The molecule has 1 amide bonds. The Morgan fingerprint density at radius 2 is 2.00 bits per heavy atom. The van der Waals surface area contributed by atoms with Gasteiger partial charge in [-0.25, -0.2) is 4.21 Å². The SMILES string of the molecule is COc1ccc(CC(=O)N(CC=S=O)C2CCN(C)CC2)cc1. The fourth-order valence-corrected chi connectivity index (χ4v) is 3.11. The van der Waals surface area contributed by atoms with Gasteiger partial charge in [0.05, 0.1) is 31.3 Å². The maximum absolute atomic E-state index is 12.7. The van der Waals surface area contributed by atoms with Crippen molar-refractivity contribution in [2.24, 2.45) is 0 Å². The molecule has 0 bridgehead atoms. The third-order valence-electron chi connectivity index (χ3n) is 4.30. The van der Waals surface area contributed by atoms with Gasteiger partial charge in [-0.05, 0) is 50.7 Å². The minimum absolute atomic E-state index is 0.0787. The fourth-order valence-electron chi connectivity index (χ4n) is 2.89. The van der Waals surface area contributed by atoms with Crippen molar-refractivity contribution in [1.29, 1.82) is 0 Å². The number of rotatable bonds is 6. The number of likely N-dealkylation sites (tertiary alicyclic amines) is 1. The second kappa shape index (κ2) is 8.84. The molecule has 1 aromatic carbocycles. The molecule has 0 atom stereocenters. The normalized spacial score (nSPS) is 15.9. The number of piperidine rings is 1. The second-order valence-electron chi connectivity index (χ2n) is 5.87. The molecule has 1 fully saturated rings. The third-order valence-corrected chi connectivity index (χ3v) is 4.59. The highest BCUT2D eigenvalue weighted by Gasteiger charge is 2.26. The Balaban J connectivity index is 2.04. The van der Waals surface area contributed by atoms with Gasteiger partial charge in [0.2, 0.25) is 5.91 Å². The minimum Gasteiger partial charge on any atom is -0.497 e. The lowest BCUT2D eigenvalue weighted by atomic mass is 10.0. The zero-order chi connectivity index (χ0) is 16.7. The Bertz CT molecular complexity index is 562. The molecule has 1 saturated heterocycles. The van der Waals surface area contributed by atoms with E-state index in [0.29, 0.717) is 24.2 Å². The van der Waals surface area contributed by atoms with Crippen molar-refractivity contribution in [1.82, 2.24) is 9.80 Å². The molecule has 126 valence electrons. The Morgan fingerprint density at radius 3 is 2.57 bits per heavy atom. The van der Waals surface area contributed by atoms with Crippen LogP contribution >= 0.6 is 0 Å². The molecular weight excluding hydrogens is 312 g/mol. The van der Waals surface area contributed by atoms with Gasteiger partial charge >= 0.3 is 0 Å². The van der Waals surface area contributed by atoms with Crippen molar-refractivity contribution in [3.63, 3.8) is 0 Å². The second-order valence-corrected chi connectivity index (χ2v) is 6.39. The monoisotopic (exact) mass is 336 g/mol. The van der Waals surface area contributed by atoms with E-state index in [1.54, 1.807) is 12.5 Å². The van der Waals surface area contributed by atoms with Gasteiger partial charge in [-0.3, -0.25) is 4.79 Å². The van der Waals surface area contributed by atoms with E-state index in [2.05, 4.69) is 11.9 Å². The van der Waals surface area contributed by atoms with E-state index in [1.165, 1.54) is 0 Å². The lowest BCUT2D eigenvalue weighted by Crippen LogP contribution is -2.47. The third kappa shape index (κ3) is 5.18. The van der Waals surface area contributed by atoms with E-state index >= 15 is 0 Å². The first-order valence-corrected chi connectivity index (χ1v) is 8.65. The predicted molar refractivity (Wildman–Crippen MR) is 93.1 cm³/mol. The summed E-state index contributed by atoms with van der Waals surface area (Å²) in [6.07, 6.45) is 2.28. The molecule has 1 aliphatic heterocycles. The summed E-state index contributed by atoms with van der Waals surface area (Å²) >= 11 is 0.427. The van der Waals surface area contributed by atoms with E-state index in [0.717, 1.165) is 37.2 Å². The molecule has 0 radical (unpaired) electrons. The van der Waals surface area contributed by atoms with E-state index in [4.69, 9.17) is 4.74 Å². The first kappa shape index (κ1) is 17.7. The molecule has 0 aromatic heterocycles. The molecule has 2 rings (SSSR count). The first-order chi connectivity index (χ1) is 11.1. The standard InChI is InChI=1S/C17H24N2O3S/c1-18-9-7-15(8-10-18)19(11-12-23-21)17(20)13-14-3-5-16(22-2)6-4-14/h3-6,12,15H,7-11,13H2,1-2H3. The summed E-state index contributed by atoms with van der Waals surface area (Å²) in [6, 6.07) is 7.77. The van der Waals surface area contributed by atoms with Gasteiger partial charge in [0.25, 0.3) is 0 Å². The Hall–Kier alpha value is -1.66. The molecule has 0 saturated carbocycles. The largest absolute Gasteiger partial charge is 0.497 e. The van der Waals surface area contributed by atoms with E-state index in [1.807, 2.05) is 29.2 Å². The van der Waals surface area contributed by atoms with Gasteiger partial charge in [-0.1, -0.05) is 12.1 Å². The van der Waals surface area contributed by atoms with E-state index in [9.17, 15) is 9.00 Å². The summed E-state index contributed by atoms with van der Waals surface area (Å²) in [5.74, 6) is 0.861. The number of nitrogens with zero attached hydrogens (tertiary/aromatic N) is 2. The number of benzene rings is 1. The van der Waals surface area contributed by atoms with Crippen LogP contribution < -0.4 is 4.74 Å². The van der Waals surface area contributed by atoms with Gasteiger partial charge in [0.15, 0.2) is 0 Å². The maximum Gasteiger partial charge on any atom is 0.227 e. The molecular formula is C17H24N2O3S. The first-order valence-electron chi connectivity index (χ1n) is 7.85. The van der Waals surface area contributed by atoms with Gasteiger partial charge in [0, 0.05) is 11.4 Å². The molecule has 1 aliphatic rings. The topological polar surface area (TPSA) is 49.9 Å². The van der Waals surface area contributed by atoms with Crippen LogP contribution in [0, 0.1) is 0 Å². The average Bonchev–Trinajstić information content (AvgIpc) is 2.57. The molecule has 6 heteroatoms. The number of carbonyl (C=O) groups is 1. The van der Waals surface area contributed by atoms with Crippen LogP contribution in [0.15, 0.2) is 24.3 Å². The van der Waals surface area contributed by atoms with Crippen LogP contribution in [0.5, 0.6) is 5.75 Å². The Kier molecular flexibility index (Phi) is 6.80. The van der Waals surface area contributed by atoms with Crippen molar-refractivity contribution in [3.05, 3.63) is 29.8 Å². The summed E-state index contributed by atoms with van der Waals surface area (Å²) in [5, 5.41) is 1.56. The van der Waals surface area contributed by atoms with Crippen LogP contribution in [-0.4, -0.2) is 65.1 Å². The van der Waals surface area contributed by atoms with Crippen LogP contribution in [0.1, 0.15) is 18.4 Å². The quantitative estimate of drug-likeness (QED) is 0.732. The lowest BCUT2D eigenvalue weighted by molar-refractivity contribution is -0.132. The summed E-state index contributed by atoms with van der Waals surface area (Å²) in [6.45, 7) is 2.39. The molecule has 0 aliphatic carbocycles.